The fourth-order valence-corrected chi connectivity index (χ4v) is 4.01. The monoisotopic (exact) mass is 396 g/mol. The zero-order valence-electron chi connectivity index (χ0n) is 17.0. The number of aldehydes is 1. The summed E-state index contributed by atoms with van der Waals surface area (Å²) in [4.78, 5) is 19.4. The predicted molar refractivity (Wildman–Crippen MR) is 113 cm³/mol. The van der Waals surface area contributed by atoms with Gasteiger partial charge in [-0.3, -0.25) is 9.69 Å². The van der Waals surface area contributed by atoms with Crippen molar-refractivity contribution in [2.75, 3.05) is 52.2 Å². The zero-order valence-corrected chi connectivity index (χ0v) is 17.8. The van der Waals surface area contributed by atoms with E-state index in [1.807, 2.05) is 27.7 Å². The molecule has 27 heavy (non-hydrogen) atoms. The average Bonchev–Trinajstić information content (AvgIpc) is 3.03. The average molecular weight is 397 g/mol. The molecule has 0 aliphatic carbocycles. The second-order valence-electron chi connectivity index (χ2n) is 5.77. The summed E-state index contributed by atoms with van der Waals surface area (Å²) in [5, 5.41) is 11.2. The van der Waals surface area contributed by atoms with E-state index in [0.29, 0.717) is 17.2 Å². The van der Waals surface area contributed by atoms with Crippen LogP contribution in [0.25, 0.3) is 10.2 Å². The van der Waals surface area contributed by atoms with E-state index in [4.69, 9.17) is 15.6 Å². The van der Waals surface area contributed by atoms with Crippen LogP contribution in [0.5, 0.6) is 5.75 Å². The van der Waals surface area contributed by atoms with Gasteiger partial charge in [-0.05, 0) is 13.8 Å². The maximum Gasteiger partial charge on any atom is 0.162 e. The van der Waals surface area contributed by atoms with Crippen molar-refractivity contribution in [2.45, 2.75) is 27.7 Å². The first-order chi connectivity index (χ1) is 13.1. The minimum atomic E-state index is 0.511. The van der Waals surface area contributed by atoms with Crippen LogP contribution in [0.15, 0.2) is 0 Å². The minimum absolute atomic E-state index is 0.511. The molecule has 1 aliphatic heterocycles. The van der Waals surface area contributed by atoms with Gasteiger partial charge in [0.05, 0.1) is 16.3 Å². The van der Waals surface area contributed by atoms with E-state index in [1.165, 1.54) is 11.3 Å². The number of ether oxygens (including phenoxy) is 1. The second-order valence-corrected chi connectivity index (χ2v) is 6.80. The first kappa shape index (κ1) is 23.3. The summed E-state index contributed by atoms with van der Waals surface area (Å²) in [5.74, 6) is 0.787. The highest BCUT2D eigenvalue weighted by atomic mass is 32.1. The quantitative estimate of drug-likeness (QED) is 0.666. The van der Waals surface area contributed by atoms with Crippen LogP contribution in [0.4, 0.5) is 5.69 Å². The van der Waals surface area contributed by atoms with Gasteiger partial charge < -0.3 is 20.9 Å². The van der Waals surface area contributed by atoms with E-state index >= 15 is 0 Å². The van der Waals surface area contributed by atoms with E-state index in [0.717, 1.165) is 73.3 Å². The number of aliphatic hydroxyl groups is 1. The van der Waals surface area contributed by atoms with E-state index in [2.05, 4.69) is 15.2 Å². The van der Waals surface area contributed by atoms with Crippen LogP contribution in [0.2, 0.25) is 0 Å². The topological polar surface area (TPSA) is 101 Å². The molecule has 3 rings (SSSR count). The molecule has 0 unspecified atom stereocenters. The Labute approximate surface area is 165 Å². The van der Waals surface area contributed by atoms with Crippen LogP contribution in [0.1, 0.15) is 34.8 Å². The summed E-state index contributed by atoms with van der Waals surface area (Å²) in [6, 6.07) is 0. The summed E-state index contributed by atoms with van der Waals surface area (Å²) in [6.07, 6.45) is 0.793. The molecule has 1 fully saturated rings. The lowest BCUT2D eigenvalue weighted by molar-refractivity contribution is 0.112. The molecule has 4 N–H and O–H groups in total. The zero-order chi connectivity index (χ0) is 20.4. The first-order valence-electron chi connectivity index (χ1n) is 9.26. The SMILES string of the molecule is CC.CO.Cc1nc2sc(C=O)c(N)c2c(C)c1OCCN1CCNCC1. The number of rotatable bonds is 5. The molecule has 3 heterocycles. The van der Waals surface area contributed by atoms with E-state index in [9.17, 15) is 4.79 Å². The number of pyridine rings is 1. The molecule has 0 saturated carbocycles. The fraction of sp³-hybridized carbons (Fsp3) is 0.579. The minimum Gasteiger partial charge on any atom is -0.490 e. The Bertz CT molecular complexity index is 728. The molecule has 0 aromatic carbocycles. The highest BCUT2D eigenvalue weighted by Crippen LogP contribution is 2.38. The Morgan fingerprint density at radius 2 is 1.93 bits per heavy atom. The van der Waals surface area contributed by atoms with Crippen molar-refractivity contribution in [3.63, 3.8) is 0 Å². The van der Waals surface area contributed by atoms with Crippen LogP contribution < -0.4 is 15.8 Å². The van der Waals surface area contributed by atoms with Gasteiger partial charge in [0.15, 0.2) is 6.29 Å². The number of aromatic nitrogens is 1. The number of hydrogen-bond acceptors (Lipinski definition) is 8. The smallest absolute Gasteiger partial charge is 0.162 e. The Morgan fingerprint density at radius 3 is 2.52 bits per heavy atom. The molecule has 7 nitrogen and oxygen atoms in total. The number of fused-ring (bicyclic) bond motifs is 1. The molecule has 0 radical (unpaired) electrons. The van der Waals surface area contributed by atoms with Crippen molar-refractivity contribution in [1.82, 2.24) is 15.2 Å². The summed E-state index contributed by atoms with van der Waals surface area (Å²) in [5.41, 5.74) is 8.40. The van der Waals surface area contributed by atoms with Gasteiger partial charge in [-0.1, -0.05) is 13.8 Å². The number of piperazine rings is 1. The fourth-order valence-electron chi connectivity index (χ4n) is 2.99. The van der Waals surface area contributed by atoms with E-state index in [1.54, 1.807) is 0 Å². The lowest BCUT2D eigenvalue weighted by Gasteiger charge is -2.27. The molecular weight excluding hydrogens is 364 g/mol. The van der Waals surface area contributed by atoms with Crippen LogP contribution >= 0.6 is 11.3 Å². The molecule has 2 aromatic rings. The number of nitrogens with zero attached hydrogens (tertiary/aromatic N) is 2. The van der Waals surface area contributed by atoms with Crippen molar-refractivity contribution in [1.29, 1.82) is 0 Å². The number of thiophene rings is 1. The van der Waals surface area contributed by atoms with Crippen LogP contribution in [-0.4, -0.2) is 67.7 Å². The van der Waals surface area contributed by atoms with Crippen LogP contribution in [0.3, 0.4) is 0 Å². The number of nitrogens with one attached hydrogen (secondary N) is 1. The normalized spacial score (nSPS) is 14.0. The number of hydrogen-bond donors (Lipinski definition) is 3. The van der Waals surface area contributed by atoms with E-state index in [-0.39, 0.29) is 0 Å². The van der Waals surface area contributed by atoms with Gasteiger partial charge >= 0.3 is 0 Å². The van der Waals surface area contributed by atoms with Crippen molar-refractivity contribution in [3.8, 4) is 5.75 Å². The predicted octanol–water partition coefficient (Wildman–Crippen LogP) is 2.23. The van der Waals surface area contributed by atoms with Gasteiger partial charge in [0, 0.05) is 50.8 Å². The molecule has 152 valence electrons. The molecule has 8 heteroatoms. The Hall–Kier alpha value is -1.74. The number of anilines is 1. The number of nitrogen functional groups attached to an aromatic ring is 1. The first-order valence-corrected chi connectivity index (χ1v) is 10.1. The standard InChI is InChI=1S/C16H22N4O2S.C2H6.CH4O/c1-10-13-14(17)12(9-21)23-16(13)19-11(2)15(10)22-8-7-20-5-3-18-4-6-20;2*1-2/h9,18H,3-8,17H2,1-2H3;1-2H3;2H,1H3. The van der Waals surface area contributed by atoms with Gasteiger partial charge in [-0.15, -0.1) is 11.3 Å². The van der Waals surface area contributed by atoms with Crippen molar-refractivity contribution < 1.29 is 14.6 Å². The molecule has 1 aliphatic rings. The maximum atomic E-state index is 11.1. The number of nitrogens with two attached hydrogens (primary N) is 1. The summed E-state index contributed by atoms with van der Waals surface area (Å²) in [6.45, 7) is 13.6. The lowest BCUT2D eigenvalue weighted by atomic mass is 10.1. The number of carbonyl (C=O) groups is 1. The molecule has 0 atom stereocenters. The van der Waals surface area contributed by atoms with Crippen molar-refractivity contribution >= 4 is 33.5 Å². The van der Waals surface area contributed by atoms with E-state index < -0.39 is 0 Å². The van der Waals surface area contributed by atoms with Crippen molar-refractivity contribution in [2.24, 2.45) is 0 Å². The largest absolute Gasteiger partial charge is 0.490 e. The number of aryl methyl sites for hydroxylation is 2. The molecule has 1 saturated heterocycles. The molecule has 0 spiro atoms. The Balaban J connectivity index is 0.000000855. The highest BCUT2D eigenvalue weighted by Gasteiger charge is 2.18. The van der Waals surface area contributed by atoms with Crippen LogP contribution in [0, 0.1) is 13.8 Å². The van der Waals surface area contributed by atoms with Gasteiger partial charge in [0.25, 0.3) is 0 Å². The summed E-state index contributed by atoms with van der Waals surface area (Å²) in [7, 11) is 1.00. The number of aliphatic hydroxyl groups excluding tert-OH is 1. The molecular formula is C19H32N4O3S. The van der Waals surface area contributed by atoms with Gasteiger partial charge in [-0.2, -0.15) is 0 Å². The summed E-state index contributed by atoms with van der Waals surface area (Å²) < 4.78 is 6.01. The molecule has 0 amide bonds. The van der Waals surface area contributed by atoms with Crippen molar-refractivity contribution in [3.05, 3.63) is 16.1 Å². The van der Waals surface area contributed by atoms with Crippen LogP contribution in [-0.2, 0) is 0 Å². The highest BCUT2D eigenvalue weighted by molar-refractivity contribution is 7.20. The maximum absolute atomic E-state index is 11.1. The molecule has 2 aromatic heterocycles. The Kier molecular flexibility index (Phi) is 10.2. The molecule has 0 bridgehead atoms. The lowest BCUT2D eigenvalue weighted by Crippen LogP contribution is -2.44. The van der Waals surface area contributed by atoms with Gasteiger partial charge in [0.1, 0.15) is 17.2 Å². The third kappa shape index (κ3) is 5.62. The Morgan fingerprint density at radius 1 is 1.30 bits per heavy atom. The third-order valence-electron chi connectivity index (χ3n) is 4.24. The van der Waals surface area contributed by atoms with Gasteiger partial charge in [-0.25, -0.2) is 4.98 Å². The third-order valence-corrected chi connectivity index (χ3v) is 5.26. The summed E-state index contributed by atoms with van der Waals surface area (Å²) >= 11 is 1.33. The second kappa shape index (κ2) is 11.9. The number of carbonyl (C=O) groups excluding carboxylic acids is 1. The van der Waals surface area contributed by atoms with Gasteiger partial charge in [0.2, 0.25) is 0 Å².